The Morgan fingerprint density at radius 1 is 0.920 bits per heavy atom. The second kappa shape index (κ2) is 8.41. The average molecular weight is 356 g/mol. The number of rotatable bonds is 7. The van der Waals surface area contributed by atoms with Gasteiger partial charge in [-0.2, -0.15) is 12.6 Å². The summed E-state index contributed by atoms with van der Waals surface area (Å²) in [6.45, 7) is 3.63. The number of hydrogen-bond acceptors (Lipinski definition) is 3. The highest BCUT2D eigenvalue weighted by Gasteiger charge is 2.45. The van der Waals surface area contributed by atoms with Crippen LogP contribution in [0.3, 0.4) is 0 Å². The van der Waals surface area contributed by atoms with Gasteiger partial charge < -0.3 is 9.64 Å². The van der Waals surface area contributed by atoms with Crippen molar-refractivity contribution < 1.29 is 9.53 Å². The van der Waals surface area contributed by atoms with Gasteiger partial charge in [0.25, 0.3) is 0 Å². The van der Waals surface area contributed by atoms with E-state index >= 15 is 0 Å². The topological polar surface area (TPSA) is 32.8 Å². The zero-order chi connectivity index (χ0) is 17.6. The first-order valence-electron chi connectivity index (χ1n) is 8.62. The summed E-state index contributed by atoms with van der Waals surface area (Å²) in [6, 6.07) is 20.0. The molecule has 3 rings (SSSR count). The van der Waals surface area contributed by atoms with Crippen LogP contribution in [0.1, 0.15) is 18.1 Å². The van der Waals surface area contributed by atoms with E-state index in [-0.39, 0.29) is 18.3 Å². The number of nitrogens with zero attached hydrogens (tertiary/aromatic N) is 2. The van der Waals surface area contributed by atoms with Gasteiger partial charge in [0.2, 0.25) is 0 Å². The highest BCUT2D eigenvalue weighted by Crippen LogP contribution is 2.28. The minimum Gasteiger partial charge on any atom is -0.356 e. The van der Waals surface area contributed by atoms with Crippen LogP contribution in [-0.2, 0) is 17.8 Å². The number of benzene rings is 2. The third kappa shape index (κ3) is 3.99. The Kier molecular flexibility index (Phi) is 6.00. The molecule has 0 spiro atoms. The molecule has 2 amide bonds. The quantitative estimate of drug-likeness (QED) is 0.766. The second-order valence-electron chi connectivity index (χ2n) is 6.11. The highest BCUT2D eigenvalue weighted by atomic mass is 32.1. The summed E-state index contributed by atoms with van der Waals surface area (Å²) < 4.78 is 5.94. The molecule has 25 heavy (non-hydrogen) atoms. The molecular formula is C20H24N2O2S. The van der Waals surface area contributed by atoms with Crippen molar-refractivity contribution in [3.8, 4) is 0 Å². The van der Waals surface area contributed by atoms with Crippen LogP contribution in [0.5, 0.6) is 0 Å². The van der Waals surface area contributed by atoms with Crippen LogP contribution in [0.4, 0.5) is 4.79 Å². The lowest BCUT2D eigenvalue weighted by molar-refractivity contribution is -0.0326. The fourth-order valence-corrected chi connectivity index (χ4v) is 3.62. The first-order valence-corrected chi connectivity index (χ1v) is 9.25. The Labute approximate surface area is 154 Å². The van der Waals surface area contributed by atoms with E-state index in [1.54, 1.807) is 0 Å². The Hall–Kier alpha value is -1.98. The molecule has 2 aromatic carbocycles. The van der Waals surface area contributed by atoms with E-state index in [1.165, 1.54) is 0 Å². The van der Waals surface area contributed by atoms with E-state index in [4.69, 9.17) is 4.74 Å². The van der Waals surface area contributed by atoms with Crippen molar-refractivity contribution in [2.75, 3.05) is 12.4 Å². The monoisotopic (exact) mass is 356 g/mol. The summed E-state index contributed by atoms with van der Waals surface area (Å²) in [5.41, 5.74) is 2.21. The van der Waals surface area contributed by atoms with E-state index < -0.39 is 0 Å². The number of ether oxygens (including phenoxy) is 1. The van der Waals surface area contributed by atoms with Crippen molar-refractivity contribution >= 4 is 18.7 Å². The summed E-state index contributed by atoms with van der Waals surface area (Å²) >= 11 is 4.50. The lowest BCUT2D eigenvalue weighted by Crippen LogP contribution is -2.40. The maximum atomic E-state index is 13.1. The number of carbonyl (C=O) groups excluding carboxylic acids is 1. The smallest absolute Gasteiger partial charge is 0.323 e. The van der Waals surface area contributed by atoms with E-state index in [2.05, 4.69) is 12.6 Å². The summed E-state index contributed by atoms with van der Waals surface area (Å²) in [7, 11) is 0. The molecule has 1 unspecified atom stereocenters. The Morgan fingerprint density at radius 3 is 1.92 bits per heavy atom. The van der Waals surface area contributed by atoms with E-state index in [0.29, 0.717) is 25.4 Å². The third-order valence-electron chi connectivity index (χ3n) is 4.44. The zero-order valence-electron chi connectivity index (χ0n) is 14.4. The number of amides is 2. The minimum atomic E-state index is -0.279. The van der Waals surface area contributed by atoms with Crippen LogP contribution in [0.2, 0.25) is 0 Å². The summed E-state index contributed by atoms with van der Waals surface area (Å²) in [5, 5.41) is 0. The molecule has 0 N–H and O–H groups in total. The lowest BCUT2D eigenvalue weighted by atomic mass is 10.2. The molecule has 5 heteroatoms. The Balaban J connectivity index is 1.84. The largest absolute Gasteiger partial charge is 0.356 e. The molecule has 0 radical (unpaired) electrons. The molecule has 1 aliphatic heterocycles. The van der Waals surface area contributed by atoms with Gasteiger partial charge in [0.1, 0.15) is 0 Å². The van der Waals surface area contributed by atoms with Gasteiger partial charge in [-0.25, -0.2) is 4.79 Å². The predicted octanol–water partition coefficient (Wildman–Crippen LogP) is 3.79. The maximum absolute atomic E-state index is 13.1. The molecular weight excluding hydrogens is 332 g/mol. The van der Waals surface area contributed by atoms with Gasteiger partial charge in [-0.05, 0) is 18.1 Å². The summed E-state index contributed by atoms with van der Waals surface area (Å²) in [4.78, 5) is 16.8. The summed E-state index contributed by atoms with van der Waals surface area (Å²) in [5.74, 6) is 0.564. The Morgan fingerprint density at radius 2 is 1.44 bits per heavy atom. The summed E-state index contributed by atoms with van der Waals surface area (Å²) in [6.07, 6.45) is -0.279. The van der Waals surface area contributed by atoms with Crippen LogP contribution in [0.25, 0.3) is 0 Å². The van der Waals surface area contributed by atoms with Gasteiger partial charge in [0.15, 0.2) is 6.23 Å². The number of hydrogen-bond donors (Lipinski definition) is 1. The number of carbonyl (C=O) groups is 1. The van der Waals surface area contributed by atoms with Gasteiger partial charge >= 0.3 is 6.03 Å². The van der Waals surface area contributed by atoms with Crippen molar-refractivity contribution in [1.82, 2.24) is 9.80 Å². The van der Waals surface area contributed by atoms with Crippen LogP contribution in [0.15, 0.2) is 60.7 Å². The maximum Gasteiger partial charge on any atom is 0.323 e. The van der Waals surface area contributed by atoms with Crippen molar-refractivity contribution in [1.29, 1.82) is 0 Å². The van der Waals surface area contributed by atoms with Crippen LogP contribution < -0.4 is 0 Å². The van der Waals surface area contributed by atoms with Crippen LogP contribution in [-0.4, -0.2) is 40.5 Å². The first kappa shape index (κ1) is 17.8. The van der Waals surface area contributed by atoms with Gasteiger partial charge in [-0.15, -0.1) is 0 Å². The van der Waals surface area contributed by atoms with E-state index in [0.717, 1.165) is 11.1 Å². The standard InChI is InChI=1S/C20H24N2O2S/c1-2-24-19-18(15-25)21(13-16-9-5-3-6-10-16)20(23)22(19)14-17-11-7-4-8-12-17/h3-12,18-19,25H,2,13-15H2,1H3/t18?,19-/m1/s1. The van der Waals surface area contributed by atoms with Gasteiger partial charge in [-0.3, -0.25) is 4.90 Å². The third-order valence-corrected chi connectivity index (χ3v) is 4.82. The normalized spacial score (nSPS) is 20.3. The molecule has 1 fully saturated rings. The van der Waals surface area contributed by atoms with Crippen LogP contribution in [0, 0.1) is 0 Å². The predicted molar refractivity (Wildman–Crippen MR) is 102 cm³/mol. The molecule has 0 bridgehead atoms. The molecule has 2 aromatic rings. The minimum absolute atomic E-state index is 0.00482. The van der Waals surface area contributed by atoms with E-state index in [1.807, 2.05) is 77.4 Å². The lowest BCUT2D eigenvalue weighted by Gasteiger charge is -2.26. The van der Waals surface area contributed by atoms with Crippen LogP contribution >= 0.6 is 12.6 Å². The first-order chi connectivity index (χ1) is 12.2. The van der Waals surface area contributed by atoms with Crippen molar-refractivity contribution in [3.05, 3.63) is 71.8 Å². The van der Waals surface area contributed by atoms with Gasteiger partial charge in [0, 0.05) is 18.9 Å². The Bertz CT molecular complexity index is 681. The number of thiol groups is 1. The molecule has 2 atom stereocenters. The molecule has 0 aliphatic carbocycles. The second-order valence-corrected chi connectivity index (χ2v) is 6.47. The average Bonchev–Trinajstić information content (AvgIpc) is 2.89. The fourth-order valence-electron chi connectivity index (χ4n) is 3.24. The zero-order valence-corrected chi connectivity index (χ0v) is 15.3. The number of urea groups is 1. The van der Waals surface area contributed by atoms with E-state index in [9.17, 15) is 4.79 Å². The molecule has 0 aromatic heterocycles. The van der Waals surface area contributed by atoms with Crippen molar-refractivity contribution in [2.24, 2.45) is 0 Å². The molecule has 1 aliphatic rings. The van der Waals surface area contributed by atoms with Crippen molar-refractivity contribution in [3.63, 3.8) is 0 Å². The SMILES string of the molecule is CCO[C@@H]1C(CS)N(Cc2ccccc2)C(=O)N1Cc1ccccc1. The van der Waals surface area contributed by atoms with Crippen molar-refractivity contribution in [2.45, 2.75) is 32.3 Å². The highest BCUT2D eigenvalue weighted by molar-refractivity contribution is 7.80. The molecule has 4 nitrogen and oxygen atoms in total. The van der Waals surface area contributed by atoms with Gasteiger partial charge in [0.05, 0.1) is 12.6 Å². The molecule has 1 saturated heterocycles. The molecule has 1 heterocycles. The molecule has 0 saturated carbocycles. The fraction of sp³-hybridized carbons (Fsp3) is 0.350. The van der Waals surface area contributed by atoms with Gasteiger partial charge in [-0.1, -0.05) is 60.7 Å². The molecule has 132 valence electrons.